The molecule has 0 bridgehead atoms. The summed E-state index contributed by atoms with van der Waals surface area (Å²) in [7, 11) is 3.08. The minimum Gasteiger partial charge on any atom is -0.508 e. The maximum atomic E-state index is 9.93. The Balaban J connectivity index is 2.48. The zero-order valence-electron chi connectivity index (χ0n) is 14.1. The van der Waals surface area contributed by atoms with Gasteiger partial charge < -0.3 is 19.7 Å². The van der Waals surface area contributed by atoms with Crippen LogP contribution in [0.15, 0.2) is 43.0 Å². The first-order valence-corrected chi connectivity index (χ1v) is 7.58. The zero-order chi connectivity index (χ0) is 17.7. The predicted molar refractivity (Wildman–Crippen MR) is 96.9 cm³/mol. The predicted octanol–water partition coefficient (Wildman–Crippen LogP) is 4.57. The van der Waals surface area contributed by atoms with Gasteiger partial charge in [-0.1, -0.05) is 31.2 Å². The second-order valence-electron chi connectivity index (χ2n) is 5.44. The standard InChI is InChI=1S/C20H22O4/c1-5-13(2)20-15(11-16(21)12-19(20)24-4)8-6-14-7-9-17(22)18(10-14)23-3/h5-13,21-22H,1H2,2-4H3/b8-6+. The van der Waals surface area contributed by atoms with Gasteiger partial charge in [0, 0.05) is 17.5 Å². The van der Waals surface area contributed by atoms with Crippen molar-refractivity contribution in [1.29, 1.82) is 0 Å². The summed E-state index contributed by atoms with van der Waals surface area (Å²) >= 11 is 0. The maximum absolute atomic E-state index is 9.93. The van der Waals surface area contributed by atoms with Crippen LogP contribution in [0.5, 0.6) is 23.0 Å². The van der Waals surface area contributed by atoms with Crippen molar-refractivity contribution in [2.24, 2.45) is 0 Å². The molecule has 4 heteroatoms. The van der Waals surface area contributed by atoms with E-state index in [4.69, 9.17) is 9.47 Å². The number of aromatic hydroxyl groups is 2. The molecule has 0 saturated carbocycles. The van der Waals surface area contributed by atoms with Gasteiger partial charge in [-0.25, -0.2) is 0 Å². The maximum Gasteiger partial charge on any atom is 0.161 e. The molecule has 2 N–H and O–H groups in total. The fourth-order valence-electron chi connectivity index (χ4n) is 2.53. The van der Waals surface area contributed by atoms with Gasteiger partial charge in [0.05, 0.1) is 14.2 Å². The molecular weight excluding hydrogens is 304 g/mol. The summed E-state index contributed by atoms with van der Waals surface area (Å²) in [4.78, 5) is 0. The molecular formula is C20H22O4. The molecule has 1 atom stereocenters. The highest BCUT2D eigenvalue weighted by Gasteiger charge is 2.14. The number of ether oxygens (including phenoxy) is 2. The number of allylic oxidation sites excluding steroid dienone is 1. The Morgan fingerprint density at radius 3 is 2.33 bits per heavy atom. The smallest absolute Gasteiger partial charge is 0.161 e. The van der Waals surface area contributed by atoms with Crippen molar-refractivity contribution in [3.63, 3.8) is 0 Å². The summed E-state index contributed by atoms with van der Waals surface area (Å²) in [6.07, 6.45) is 5.61. The molecule has 0 aliphatic rings. The van der Waals surface area contributed by atoms with Crippen LogP contribution in [-0.4, -0.2) is 24.4 Å². The van der Waals surface area contributed by atoms with Gasteiger partial charge in [0.25, 0.3) is 0 Å². The van der Waals surface area contributed by atoms with E-state index >= 15 is 0 Å². The van der Waals surface area contributed by atoms with Crippen LogP contribution in [0.2, 0.25) is 0 Å². The lowest BCUT2D eigenvalue weighted by atomic mass is 9.93. The monoisotopic (exact) mass is 326 g/mol. The quantitative estimate of drug-likeness (QED) is 0.603. The minimum atomic E-state index is 0.0644. The molecule has 2 aromatic rings. The minimum absolute atomic E-state index is 0.0644. The Hall–Kier alpha value is -2.88. The highest BCUT2D eigenvalue weighted by atomic mass is 16.5. The van der Waals surface area contributed by atoms with Crippen LogP contribution in [0.25, 0.3) is 12.2 Å². The van der Waals surface area contributed by atoms with Crippen molar-refractivity contribution in [2.75, 3.05) is 14.2 Å². The molecule has 0 spiro atoms. The summed E-state index contributed by atoms with van der Waals surface area (Å²) in [5.74, 6) is 1.31. The Bertz CT molecular complexity index is 762. The van der Waals surface area contributed by atoms with Crippen LogP contribution >= 0.6 is 0 Å². The van der Waals surface area contributed by atoms with E-state index in [1.54, 1.807) is 37.4 Å². The van der Waals surface area contributed by atoms with Crippen molar-refractivity contribution < 1.29 is 19.7 Å². The van der Waals surface area contributed by atoms with E-state index in [-0.39, 0.29) is 17.4 Å². The van der Waals surface area contributed by atoms with Gasteiger partial charge in [0.1, 0.15) is 11.5 Å². The topological polar surface area (TPSA) is 58.9 Å². The molecule has 1 unspecified atom stereocenters. The fraction of sp³-hybridized carbons (Fsp3) is 0.200. The van der Waals surface area contributed by atoms with Crippen LogP contribution in [0.3, 0.4) is 0 Å². The number of benzene rings is 2. The zero-order valence-corrected chi connectivity index (χ0v) is 14.1. The molecule has 2 rings (SSSR count). The molecule has 0 heterocycles. The average molecular weight is 326 g/mol. The van der Waals surface area contributed by atoms with Crippen LogP contribution in [-0.2, 0) is 0 Å². The highest BCUT2D eigenvalue weighted by molar-refractivity contribution is 5.75. The Morgan fingerprint density at radius 2 is 1.71 bits per heavy atom. The second kappa shape index (κ2) is 7.59. The summed E-state index contributed by atoms with van der Waals surface area (Å²) in [6, 6.07) is 8.38. The average Bonchev–Trinajstić information content (AvgIpc) is 2.59. The molecule has 0 aromatic heterocycles. The third-order valence-corrected chi connectivity index (χ3v) is 3.85. The third kappa shape index (κ3) is 3.71. The number of hydrogen-bond acceptors (Lipinski definition) is 4. The van der Waals surface area contributed by atoms with Gasteiger partial charge >= 0.3 is 0 Å². The first-order chi connectivity index (χ1) is 11.5. The van der Waals surface area contributed by atoms with Gasteiger partial charge in [-0.3, -0.25) is 0 Å². The first-order valence-electron chi connectivity index (χ1n) is 7.58. The number of phenols is 2. The highest BCUT2D eigenvalue weighted by Crippen LogP contribution is 2.36. The van der Waals surface area contributed by atoms with E-state index in [2.05, 4.69) is 6.58 Å². The Kier molecular flexibility index (Phi) is 5.53. The van der Waals surface area contributed by atoms with Gasteiger partial charge in [-0.2, -0.15) is 0 Å². The molecule has 126 valence electrons. The van der Waals surface area contributed by atoms with E-state index in [1.807, 2.05) is 25.2 Å². The number of methoxy groups -OCH3 is 2. The Morgan fingerprint density at radius 1 is 1.00 bits per heavy atom. The number of rotatable bonds is 6. The number of phenolic OH excluding ortho intramolecular Hbond substituents is 2. The lowest BCUT2D eigenvalue weighted by Crippen LogP contribution is -1.98. The van der Waals surface area contributed by atoms with E-state index in [0.29, 0.717) is 11.5 Å². The van der Waals surface area contributed by atoms with Gasteiger partial charge in [0.2, 0.25) is 0 Å². The first kappa shape index (κ1) is 17.5. The van der Waals surface area contributed by atoms with Gasteiger partial charge in [-0.05, 0) is 29.3 Å². The van der Waals surface area contributed by atoms with Crippen LogP contribution in [0.4, 0.5) is 0 Å². The molecule has 0 saturated heterocycles. The molecule has 0 fully saturated rings. The molecule has 24 heavy (non-hydrogen) atoms. The van der Waals surface area contributed by atoms with E-state index in [9.17, 15) is 10.2 Å². The van der Waals surface area contributed by atoms with Crippen molar-refractivity contribution in [2.45, 2.75) is 12.8 Å². The van der Waals surface area contributed by atoms with Gasteiger partial charge in [-0.15, -0.1) is 6.58 Å². The van der Waals surface area contributed by atoms with Crippen LogP contribution < -0.4 is 9.47 Å². The molecule has 0 radical (unpaired) electrons. The van der Waals surface area contributed by atoms with E-state index in [1.165, 1.54) is 7.11 Å². The summed E-state index contributed by atoms with van der Waals surface area (Å²) in [6.45, 7) is 5.86. The normalized spacial score (nSPS) is 12.1. The molecule has 0 aliphatic heterocycles. The van der Waals surface area contributed by atoms with E-state index in [0.717, 1.165) is 16.7 Å². The van der Waals surface area contributed by atoms with Crippen LogP contribution in [0.1, 0.15) is 29.5 Å². The van der Waals surface area contributed by atoms with Crippen molar-refractivity contribution >= 4 is 12.2 Å². The molecule has 0 aliphatic carbocycles. The van der Waals surface area contributed by atoms with E-state index < -0.39 is 0 Å². The van der Waals surface area contributed by atoms with Gasteiger partial charge in [0.15, 0.2) is 11.5 Å². The fourth-order valence-corrected chi connectivity index (χ4v) is 2.53. The summed E-state index contributed by atoms with van der Waals surface area (Å²) < 4.78 is 10.5. The van der Waals surface area contributed by atoms with Crippen molar-refractivity contribution in [3.05, 3.63) is 59.7 Å². The van der Waals surface area contributed by atoms with Crippen molar-refractivity contribution in [1.82, 2.24) is 0 Å². The lowest BCUT2D eigenvalue weighted by molar-refractivity contribution is 0.373. The summed E-state index contributed by atoms with van der Waals surface area (Å²) in [5, 5.41) is 19.6. The molecule has 4 nitrogen and oxygen atoms in total. The SMILES string of the molecule is C=CC(C)c1c(/C=C/c2ccc(O)c(OC)c2)cc(O)cc1OC. The molecule has 0 amide bonds. The second-order valence-corrected chi connectivity index (χ2v) is 5.44. The summed E-state index contributed by atoms with van der Waals surface area (Å²) in [5.41, 5.74) is 2.66. The largest absolute Gasteiger partial charge is 0.508 e. The molecule has 2 aromatic carbocycles. The van der Waals surface area contributed by atoms with Crippen LogP contribution in [0, 0.1) is 0 Å². The lowest BCUT2D eigenvalue weighted by Gasteiger charge is -2.16. The third-order valence-electron chi connectivity index (χ3n) is 3.85. The van der Waals surface area contributed by atoms with Crippen molar-refractivity contribution in [3.8, 4) is 23.0 Å². The Labute approximate surface area is 142 Å². The number of hydrogen-bond donors (Lipinski definition) is 2.